The van der Waals surface area contributed by atoms with Gasteiger partial charge in [0.25, 0.3) is 0 Å². The number of H-pyrrole nitrogens is 2. The quantitative estimate of drug-likeness (QED) is 0.121. The summed E-state index contributed by atoms with van der Waals surface area (Å²) in [5, 5.41) is 20.9. The van der Waals surface area contributed by atoms with Gasteiger partial charge in [-0.2, -0.15) is 0 Å². The number of aliphatic carboxylic acids is 1. The van der Waals surface area contributed by atoms with Crippen LogP contribution in [0.3, 0.4) is 0 Å². The van der Waals surface area contributed by atoms with Crippen molar-refractivity contribution in [2.45, 2.75) is 64.1 Å². The zero-order valence-electron chi connectivity index (χ0n) is 26.8. The molecule has 0 fully saturated rings. The number of hydrogen-bond acceptors (Lipinski definition) is 6. The van der Waals surface area contributed by atoms with E-state index in [1.807, 2.05) is 54.6 Å². The first-order chi connectivity index (χ1) is 22.2. The number of anilines is 1. The minimum Gasteiger partial charge on any atom is -0.480 e. The Morgan fingerprint density at radius 1 is 0.894 bits per heavy atom. The number of nitrogens with zero attached hydrogens (tertiary/aromatic N) is 1. The highest BCUT2D eigenvalue weighted by Crippen LogP contribution is 2.27. The molecule has 0 spiro atoms. The predicted molar refractivity (Wildman–Crippen MR) is 178 cm³/mol. The van der Waals surface area contributed by atoms with Crippen LogP contribution in [0, 0.1) is 0 Å². The summed E-state index contributed by atoms with van der Waals surface area (Å²) < 4.78 is 5.31. The van der Waals surface area contributed by atoms with Gasteiger partial charge in [0, 0.05) is 29.7 Å². The SMILES string of the molecule is CC(C)(C)OC(=O)NC(C)(C)C(=O)N[C@H](Cc1c[nH]c2ccccc12)C(=O)Nc1c[nH]c(C(C(=O)O)c2ccc3ccccc3c2)n1. The standard InChI is InChI=1S/C35H38N6O6/c1-34(2,3)47-33(46)41-35(4,5)32(45)38-26(17-23-18-36-25-13-9-8-12-24(23)25)30(42)40-27-19-37-29(39-27)28(31(43)44)22-15-14-20-10-6-7-11-21(20)16-22/h6-16,18-19,26,28,36H,17H2,1-5H3,(H,37,39)(H,38,45)(H,40,42)(H,41,46)(H,43,44)/t26-,28?/m1/s1. The number of amides is 3. The Kier molecular flexibility index (Phi) is 9.05. The number of ether oxygens (including phenoxy) is 1. The minimum absolute atomic E-state index is 0.0846. The maximum Gasteiger partial charge on any atom is 0.408 e. The molecule has 0 aliphatic rings. The highest BCUT2D eigenvalue weighted by atomic mass is 16.6. The van der Waals surface area contributed by atoms with Crippen molar-refractivity contribution >= 4 is 51.4 Å². The average Bonchev–Trinajstić information content (AvgIpc) is 3.62. The van der Waals surface area contributed by atoms with Gasteiger partial charge in [-0.25, -0.2) is 9.78 Å². The third-order valence-corrected chi connectivity index (χ3v) is 7.58. The second kappa shape index (κ2) is 13.0. The summed E-state index contributed by atoms with van der Waals surface area (Å²) in [6.45, 7) is 8.14. The van der Waals surface area contributed by atoms with Crippen LogP contribution < -0.4 is 16.0 Å². The molecule has 2 heterocycles. The lowest BCUT2D eigenvalue weighted by molar-refractivity contribution is -0.137. The molecule has 0 radical (unpaired) electrons. The fourth-order valence-corrected chi connectivity index (χ4v) is 5.25. The smallest absolute Gasteiger partial charge is 0.408 e. The van der Waals surface area contributed by atoms with Crippen LogP contribution in [0.1, 0.15) is 57.5 Å². The van der Waals surface area contributed by atoms with Crippen LogP contribution in [0.4, 0.5) is 10.6 Å². The summed E-state index contributed by atoms with van der Waals surface area (Å²) in [4.78, 5) is 62.6. The number of nitrogens with one attached hydrogen (secondary N) is 5. The van der Waals surface area contributed by atoms with Gasteiger partial charge in [-0.3, -0.25) is 14.4 Å². The van der Waals surface area contributed by atoms with E-state index in [0.29, 0.717) is 5.56 Å². The first kappa shape index (κ1) is 32.7. The second-order valence-electron chi connectivity index (χ2n) is 12.9. The molecule has 0 bridgehead atoms. The molecule has 3 amide bonds. The number of carboxylic acids is 1. The van der Waals surface area contributed by atoms with Gasteiger partial charge < -0.3 is 35.8 Å². The number of rotatable bonds is 10. The molecule has 0 aliphatic carbocycles. The number of imidazole rings is 1. The van der Waals surface area contributed by atoms with E-state index in [9.17, 15) is 24.3 Å². The summed E-state index contributed by atoms with van der Waals surface area (Å²) in [7, 11) is 0. The van der Waals surface area contributed by atoms with Gasteiger partial charge in [0.1, 0.15) is 28.9 Å². The number of carboxylic acid groups (broad SMARTS) is 1. The Morgan fingerprint density at radius 3 is 2.32 bits per heavy atom. The topological polar surface area (TPSA) is 178 Å². The molecule has 6 N–H and O–H groups in total. The van der Waals surface area contributed by atoms with E-state index in [2.05, 4.69) is 30.9 Å². The number of aromatic amines is 2. The molecule has 2 aromatic heterocycles. The molecule has 5 aromatic rings. The van der Waals surface area contributed by atoms with Crippen molar-refractivity contribution in [1.29, 1.82) is 0 Å². The van der Waals surface area contributed by atoms with Crippen LogP contribution in [-0.2, 0) is 25.5 Å². The van der Waals surface area contributed by atoms with Crippen molar-refractivity contribution in [3.63, 3.8) is 0 Å². The van der Waals surface area contributed by atoms with Crippen molar-refractivity contribution in [3.8, 4) is 0 Å². The third kappa shape index (κ3) is 7.78. The number of alkyl carbamates (subject to hydrolysis) is 1. The maximum atomic E-state index is 13.8. The summed E-state index contributed by atoms with van der Waals surface area (Å²) in [6, 6.07) is 19.5. The number of benzene rings is 3. The second-order valence-corrected chi connectivity index (χ2v) is 12.9. The lowest BCUT2D eigenvalue weighted by Gasteiger charge is -2.29. The van der Waals surface area contributed by atoms with E-state index in [-0.39, 0.29) is 18.1 Å². The number of aromatic nitrogens is 3. The summed E-state index contributed by atoms with van der Waals surface area (Å²) in [6.07, 6.45) is 2.51. The normalized spacial score (nSPS) is 13.1. The molecular formula is C35H38N6O6. The summed E-state index contributed by atoms with van der Waals surface area (Å²) >= 11 is 0. The molecule has 3 aromatic carbocycles. The van der Waals surface area contributed by atoms with Crippen LogP contribution in [0.5, 0.6) is 0 Å². The van der Waals surface area contributed by atoms with Crippen molar-refractivity contribution in [1.82, 2.24) is 25.6 Å². The number of para-hydroxylation sites is 1. The van der Waals surface area contributed by atoms with Crippen LogP contribution >= 0.6 is 0 Å². The van der Waals surface area contributed by atoms with Crippen molar-refractivity contribution < 1.29 is 29.0 Å². The highest BCUT2D eigenvalue weighted by Gasteiger charge is 2.35. The largest absolute Gasteiger partial charge is 0.480 e. The van der Waals surface area contributed by atoms with Gasteiger partial charge in [0.15, 0.2) is 5.82 Å². The fourth-order valence-electron chi connectivity index (χ4n) is 5.25. The molecule has 2 atom stereocenters. The van der Waals surface area contributed by atoms with E-state index in [1.165, 1.54) is 20.0 Å². The van der Waals surface area contributed by atoms with Gasteiger partial charge in [-0.15, -0.1) is 0 Å². The lowest BCUT2D eigenvalue weighted by atomic mass is 9.96. The zero-order chi connectivity index (χ0) is 33.9. The number of carbonyl (C=O) groups excluding carboxylic acids is 3. The highest BCUT2D eigenvalue weighted by molar-refractivity contribution is 5.99. The Hall–Kier alpha value is -5.65. The molecule has 0 saturated carbocycles. The van der Waals surface area contributed by atoms with Gasteiger partial charge in [-0.05, 0) is 68.7 Å². The Morgan fingerprint density at radius 2 is 1.60 bits per heavy atom. The zero-order valence-corrected chi connectivity index (χ0v) is 26.8. The van der Waals surface area contributed by atoms with E-state index in [1.54, 1.807) is 39.1 Å². The molecule has 12 heteroatoms. The number of fused-ring (bicyclic) bond motifs is 2. The molecule has 47 heavy (non-hydrogen) atoms. The molecule has 1 unspecified atom stereocenters. The van der Waals surface area contributed by atoms with Crippen LogP contribution in [0.15, 0.2) is 79.1 Å². The molecule has 12 nitrogen and oxygen atoms in total. The van der Waals surface area contributed by atoms with Gasteiger partial charge in [0.2, 0.25) is 11.8 Å². The van der Waals surface area contributed by atoms with Crippen LogP contribution in [0.2, 0.25) is 0 Å². The van der Waals surface area contributed by atoms with E-state index in [4.69, 9.17) is 4.74 Å². The van der Waals surface area contributed by atoms with Crippen molar-refractivity contribution in [3.05, 3.63) is 96.1 Å². The monoisotopic (exact) mass is 638 g/mol. The molecule has 5 rings (SSSR count). The molecule has 0 aliphatic heterocycles. The van der Waals surface area contributed by atoms with Crippen LogP contribution in [0.25, 0.3) is 21.7 Å². The summed E-state index contributed by atoms with van der Waals surface area (Å²) in [5.74, 6) is -3.23. The predicted octanol–water partition coefficient (Wildman–Crippen LogP) is 5.23. The molecule has 0 saturated heterocycles. The van der Waals surface area contributed by atoms with Gasteiger partial charge in [-0.1, -0.05) is 54.6 Å². The van der Waals surface area contributed by atoms with E-state index in [0.717, 1.165) is 27.2 Å². The van der Waals surface area contributed by atoms with Gasteiger partial charge >= 0.3 is 12.1 Å². The Balaban J connectivity index is 1.38. The first-order valence-electron chi connectivity index (χ1n) is 15.1. The fraction of sp³-hybridized carbons (Fsp3) is 0.286. The van der Waals surface area contributed by atoms with E-state index < -0.39 is 47.0 Å². The van der Waals surface area contributed by atoms with Gasteiger partial charge in [0.05, 0.1) is 0 Å². The van der Waals surface area contributed by atoms with Crippen molar-refractivity contribution in [2.75, 3.05) is 5.32 Å². The van der Waals surface area contributed by atoms with Crippen molar-refractivity contribution in [2.24, 2.45) is 0 Å². The van der Waals surface area contributed by atoms with Crippen LogP contribution in [-0.4, -0.2) is 61.1 Å². The Labute approximate surface area is 271 Å². The first-order valence-corrected chi connectivity index (χ1v) is 15.1. The van der Waals surface area contributed by atoms with E-state index >= 15 is 0 Å². The Bertz CT molecular complexity index is 1950. The minimum atomic E-state index is -1.44. The molecule has 244 valence electrons. The lowest BCUT2D eigenvalue weighted by Crippen LogP contribution is -2.59. The molecular weight excluding hydrogens is 600 g/mol. The number of hydrogen-bond donors (Lipinski definition) is 6. The number of carbonyl (C=O) groups is 4. The average molecular weight is 639 g/mol. The third-order valence-electron chi connectivity index (χ3n) is 7.58. The maximum absolute atomic E-state index is 13.8. The summed E-state index contributed by atoms with van der Waals surface area (Å²) in [5.41, 5.74) is -0.0401.